The van der Waals surface area contributed by atoms with Gasteiger partial charge in [0.15, 0.2) is 11.1 Å². The van der Waals surface area contributed by atoms with Crippen LogP contribution in [0, 0.1) is 34.3 Å². The highest BCUT2D eigenvalue weighted by Gasteiger charge is 2.52. The second-order valence-electron chi connectivity index (χ2n) is 15.3. The van der Waals surface area contributed by atoms with Crippen molar-refractivity contribution in [1.29, 1.82) is 0 Å². The van der Waals surface area contributed by atoms with E-state index in [2.05, 4.69) is 135 Å². The van der Waals surface area contributed by atoms with Crippen molar-refractivity contribution in [1.82, 2.24) is 0 Å². The molecule has 1 unspecified atom stereocenters. The topological polar surface area (TPSA) is 47.0 Å². The second kappa shape index (κ2) is 12.3. The van der Waals surface area contributed by atoms with Crippen LogP contribution in [-0.2, 0) is 5.41 Å². The molecule has 0 radical (unpaired) electrons. The first-order valence-electron chi connectivity index (χ1n) is 19.1. The lowest BCUT2D eigenvalue weighted by Gasteiger charge is -2.32. The SMILES string of the molecule is [C-]#[N+]c1ccc2c(=O)c3cc4c(cc3oc2c1)-c1ccc(OCC)cc1C41c2ccccc2-c2ccc(N(c3cc(C)cc(C)c3)c3cc(C)cc(C)c3)cc21. The van der Waals surface area contributed by atoms with Crippen molar-refractivity contribution in [2.24, 2.45) is 0 Å². The van der Waals surface area contributed by atoms with Crippen molar-refractivity contribution in [3.63, 3.8) is 0 Å². The third-order valence-electron chi connectivity index (χ3n) is 11.5. The van der Waals surface area contributed by atoms with E-state index in [1.165, 1.54) is 22.3 Å². The van der Waals surface area contributed by atoms with E-state index in [1.807, 2.05) is 19.1 Å². The zero-order valence-corrected chi connectivity index (χ0v) is 32.0. The van der Waals surface area contributed by atoms with E-state index in [0.29, 0.717) is 34.2 Å². The number of ether oxygens (including phenoxy) is 1. The molecule has 0 saturated heterocycles. The maximum atomic E-state index is 14.4. The summed E-state index contributed by atoms with van der Waals surface area (Å²) < 4.78 is 12.7. The van der Waals surface area contributed by atoms with E-state index in [9.17, 15) is 4.79 Å². The van der Waals surface area contributed by atoms with Crippen LogP contribution in [0.4, 0.5) is 22.7 Å². The van der Waals surface area contributed by atoms with Gasteiger partial charge in [-0.3, -0.25) is 4.79 Å². The molecule has 2 aliphatic rings. The molecule has 1 aromatic heterocycles. The van der Waals surface area contributed by atoms with Gasteiger partial charge in [0.2, 0.25) is 0 Å². The molecule has 0 saturated carbocycles. The highest BCUT2D eigenvalue weighted by molar-refractivity contribution is 6.01. The number of aryl methyl sites for hydroxylation is 4. The Balaban J connectivity index is 1.32. The summed E-state index contributed by atoms with van der Waals surface area (Å²) >= 11 is 0. The van der Waals surface area contributed by atoms with Gasteiger partial charge in [-0.15, -0.1) is 0 Å². The molecule has 1 heterocycles. The van der Waals surface area contributed by atoms with E-state index in [1.54, 1.807) is 18.2 Å². The Morgan fingerprint density at radius 3 is 1.89 bits per heavy atom. The minimum atomic E-state index is -0.764. The van der Waals surface area contributed by atoms with Crippen LogP contribution in [0.5, 0.6) is 5.75 Å². The Labute approximate surface area is 325 Å². The number of rotatable bonds is 5. The van der Waals surface area contributed by atoms with Gasteiger partial charge in [-0.1, -0.05) is 60.7 Å². The smallest absolute Gasteiger partial charge is 0.200 e. The molecule has 270 valence electrons. The largest absolute Gasteiger partial charge is 0.494 e. The van der Waals surface area contributed by atoms with Crippen molar-refractivity contribution >= 4 is 44.7 Å². The number of benzene rings is 7. The molecule has 2 aliphatic carbocycles. The fourth-order valence-electron chi connectivity index (χ4n) is 9.55. The molecular formula is C51H38N2O3. The lowest BCUT2D eigenvalue weighted by molar-refractivity contribution is 0.340. The Hall–Kier alpha value is -6.90. The van der Waals surface area contributed by atoms with Gasteiger partial charge >= 0.3 is 0 Å². The van der Waals surface area contributed by atoms with Crippen molar-refractivity contribution in [3.8, 4) is 28.0 Å². The van der Waals surface area contributed by atoms with Crippen molar-refractivity contribution in [3.05, 3.63) is 194 Å². The summed E-state index contributed by atoms with van der Waals surface area (Å²) in [5.41, 5.74) is 17.3. The van der Waals surface area contributed by atoms with Gasteiger partial charge in [0, 0.05) is 17.1 Å². The van der Waals surface area contributed by atoms with E-state index in [4.69, 9.17) is 15.7 Å². The molecule has 0 aliphatic heterocycles. The number of hydrogen-bond acceptors (Lipinski definition) is 4. The normalized spacial score (nSPS) is 14.7. The quantitative estimate of drug-likeness (QED) is 0.131. The number of fused-ring (bicyclic) bond motifs is 12. The van der Waals surface area contributed by atoms with Crippen LogP contribution in [-0.4, -0.2) is 6.61 Å². The van der Waals surface area contributed by atoms with Gasteiger partial charge in [-0.2, -0.15) is 0 Å². The molecule has 0 N–H and O–H groups in total. The predicted molar refractivity (Wildman–Crippen MR) is 227 cm³/mol. The highest BCUT2D eigenvalue weighted by Crippen LogP contribution is 2.64. The fraction of sp³-hybridized carbons (Fsp3) is 0.137. The van der Waals surface area contributed by atoms with Crippen LogP contribution >= 0.6 is 0 Å². The summed E-state index contributed by atoms with van der Waals surface area (Å²) in [7, 11) is 0. The van der Waals surface area contributed by atoms with E-state index >= 15 is 0 Å². The summed E-state index contributed by atoms with van der Waals surface area (Å²) in [6.07, 6.45) is 0. The molecular weight excluding hydrogens is 689 g/mol. The fourth-order valence-corrected chi connectivity index (χ4v) is 9.55. The highest BCUT2D eigenvalue weighted by atomic mass is 16.5. The van der Waals surface area contributed by atoms with E-state index in [-0.39, 0.29) is 5.43 Å². The zero-order chi connectivity index (χ0) is 38.5. The average Bonchev–Trinajstić information content (AvgIpc) is 3.62. The Morgan fingerprint density at radius 2 is 1.20 bits per heavy atom. The molecule has 7 aromatic carbocycles. The molecule has 0 bridgehead atoms. The van der Waals surface area contributed by atoms with Crippen LogP contribution in [0.25, 0.3) is 49.0 Å². The average molecular weight is 727 g/mol. The van der Waals surface area contributed by atoms with Crippen molar-refractivity contribution in [2.75, 3.05) is 11.5 Å². The first kappa shape index (κ1) is 33.7. The number of hydrogen-bond donors (Lipinski definition) is 0. The molecule has 56 heavy (non-hydrogen) atoms. The summed E-state index contributed by atoms with van der Waals surface area (Å²) in [5, 5.41) is 0.971. The van der Waals surface area contributed by atoms with Gasteiger partial charge < -0.3 is 14.1 Å². The van der Waals surface area contributed by atoms with Crippen LogP contribution in [0.3, 0.4) is 0 Å². The van der Waals surface area contributed by atoms with E-state index < -0.39 is 5.41 Å². The monoisotopic (exact) mass is 726 g/mol. The van der Waals surface area contributed by atoms with Gasteiger partial charge in [0.1, 0.15) is 16.9 Å². The summed E-state index contributed by atoms with van der Waals surface area (Å²) in [5.74, 6) is 0.795. The second-order valence-corrected chi connectivity index (χ2v) is 15.3. The van der Waals surface area contributed by atoms with Crippen molar-refractivity contribution in [2.45, 2.75) is 40.0 Å². The van der Waals surface area contributed by atoms with Gasteiger partial charge in [0.05, 0.1) is 29.4 Å². The molecule has 10 rings (SSSR count). The minimum absolute atomic E-state index is 0.113. The van der Waals surface area contributed by atoms with Crippen molar-refractivity contribution < 1.29 is 9.15 Å². The maximum absolute atomic E-state index is 14.4. The molecule has 0 fully saturated rings. The third kappa shape index (κ3) is 4.82. The molecule has 1 atom stereocenters. The number of anilines is 3. The lowest BCUT2D eigenvalue weighted by atomic mass is 9.70. The number of nitrogens with zero attached hydrogens (tertiary/aromatic N) is 2. The first-order chi connectivity index (χ1) is 27.2. The van der Waals surface area contributed by atoms with Crippen LogP contribution in [0.1, 0.15) is 51.4 Å². The summed E-state index contributed by atoms with van der Waals surface area (Å²) in [6.45, 7) is 18.7. The Kier molecular flexibility index (Phi) is 7.40. The van der Waals surface area contributed by atoms with Crippen LogP contribution in [0.2, 0.25) is 0 Å². The first-order valence-corrected chi connectivity index (χ1v) is 19.1. The van der Waals surface area contributed by atoms with Gasteiger partial charge in [-0.25, -0.2) is 4.85 Å². The van der Waals surface area contributed by atoms with E-state index in [0.717, 1.165) is 67.3 Å². The molecule has 5 heteroatoms. The molecule has 8 aromatic rings. The van der Waals surface area contributed by atoms with Crippen LogP contribution < -0.4 is 15.1 Å². The van der Waals surface area contributed by atoms with Crippen LogP contribution in [0.15, 0.2) is 137 Å². The summed E-state index contributed by atoms with van der Waals surface area (Å²) in [4.78, 5) is 20.4. The van der Waals surface area contributed by atoms with Gasteiger partial charge in [0.25, 0.3) is 0 Å². The molecule has 1 spiro atoms. The third-order valence-corrected chi connectivity index (χ3v) is 11.5. The standard InChI is InChI=1S/C51H38N2O3/c1-7-55-37-14-17-40-42-28-49-43(50(54)41-15-12-33(52-6)24-48(41)56-49)27-47(42)51(46(40)26-37)44-11-9-8-10-38(44)39-16-13-34(25-45(39)51)53(35-20-29(2)18-30(3)21-35)36-22-31(4)19-32(5)23-36/h8-28H,7H2,1-5H3. The Bertz CT molecular complexity index is 3000. The van der Waals surface area contributed by atoms with Gasteiger partial charge in [-0.05, 0) is 168 Å². The molecule has 5 nitrogen and oxygen atoms in total. The lowest BCUT2D eigenvalue weighted by Crippen LogP contribution is -2.26. The zero-order valence-electron chi connectivity index (χ0n) is 32.0. The summed E-state index contributed by atoms with van der Waals surface area (Å²) in [6, 6.07) is 44.6. The Morgan fingerprint density at radius 1 is 0.589 bits per heavy atom. The minimum Gasteiger partial charge on any atom is -0.494 e. The maximum Gasteiger partial charge on any atom is 0.200 e. The predicted octanol–water partition coefficient (Wildman–Crippen LogP) is 12.9. The molecule has 0 amide bonds.